The highest BCUT2D eigenvalue weighted by molar-refractivity contribution is 6.35. The van der Waals surface area contributed by atoms with Gasteiger partial charge < -0.3 is 4.57 Å². The van der Waals surface area contributed by atoms with Crippen molar-refractivity contribution in [2.45, 2.75) is 6.54 Å². The van der Waals surface area contributed by atoms with Crippen LogP contribution >= 0.6 is 11.6 Å². The molecule has 2 nitrogen and oxygen atoms in total. The van der Waals surface area contributed by atoms with E-state index in [4.69, 9.17) is 16.9 Å². The first-order valence-corrected chi connectivity index (χ1v) is 6.38. The van der Waals surface area contributed by atoms with Gasteiger partial charge in [0.25, 0.3) is 0 Å². The third kappa shape index (κ3) is 2.21. The second kappa shape index (κ2) is 4.79. The third-order valence-electron chi connectivity index (χ3n) is 3.20. The van der Waals surface area contributed by atoms with Crippen molar-refractivity contribution in [3.05, 3.63) is 70.9 Å². The quantitative estimate of drug-likeness (QED) is 0.683. The van der Waals surface area contributed by atoms with Gasteiger partial charge >= 0.3 is 0 Å². The number of halogens is 1. The molecule has 1 aromatic heterocycles. The summed E-state index contributed by atoms with van der Waals surface area (Å²) in [5.41, 5.74) is 2.97. The smallest absolute Gasteiger partial charge is 0.0991 e. The molecule has 0 atom stereocenters. The van der Waals surface area contributed by atoms with Crippen LogP contribution in [-0.4, -0.2) is 4.57 Å². The van der Waals surface area contributed by atoms with E-state index < -0.39 is 0 Å². The molecule has 0 amide bonds. The molecule has 1 heterocycles. The number of benzene rings is 2. The van der Waals surface area contributed by atoms with Gasteiger partial charge in [0.05, 0.1) is 11.6 Å². The van der Waals surface area contributed by atoms with Gasteiger partial charge in [0, 0.05) is 28.7 Å². The Morgan fingerprint density at radius 3 is 2.58 bits per heavy atom. The van der Waals surface area contributed by atoms with Gasteiger partial charge in [0.2, 0.25) is 0 Å². The monoisotopic (exact) mass is 266 g/mol. The van der Waals surface area contributed by atoms with Crippen LogP contribution in [0.1, 0.15) is 11.1 Å². The van der Waals surface area contributed by atoms with E-state index in [-0.39, 0.29) is 0 Å². The Hall–Kier alpha value is -2.24. The summed E-state index contributed by atoms with van der Waals surface area (Å²) in [7, 11) is 0. The summed E-state index contributed by atoms with van der Waals surface area (Å²) in [4.78, 5) is 0. The average Bonchev–Trinajstić information content (AvgIpc) is 2.84. The predicted octanol–water partition coefficient (Wildman–Crippen LogP) is 4.21. The lowest BCUT2D eigenvalue weighted by atomic mass is 10.1. The first kappa shape index (κ1) is 11.8. The molecule has 0 saturated heterocycles. The molecule has 0 unspecified atom stereocenters. The maximum absolute atomic E-state index is 8.79. The van der Waals surface area contributed by atoms with Crippen molar-refractivity contribution in [1.82, 2.24) is 4.57 Å². The maximum Gasteiger partial charge on any atom is 0.0991 e. The van der Waals surface area contributed by atoms with Gasteiger partial charge in [0.1, 0.15) is 0 Å². The Labute approximate surface area is 116 Å². The van der Waals surface area contributed by atoms with E-state index in [9.17, 15) is 0 Å². The molecule has 0 aliphatic carbocycles. The van der Waals surface area contributed by atoms with Gasteiger partial charge in [-0.3, -0.25) is 0 Å². The van der Waals surface area contributed by atoms with Crippen LogP contribution in [0, 0.1) is 11.3 Å². The summed E-state index contributed by atoms with van der Waals surface area (Å²) >= 11 is 6.16. The fraction of sp³-hybridized carbons (Fsp3) is 0.0625. The second-order valence-corrected chi connectivity index (χ2v) is 4.83. The first-order valence-electron chi connectivity index (χ1n) is 6.00. The van der Waals surface area contributed by atoms with Crippen LogP contribution < -0.4 is 0 Å². The van der Waals surface area contributed by atoms with E-state index in [0.29, 0.717) is 5.56 Å². The molecule has 0 N–H and O–H groups in total. The van der Waals surface area contributed by atoms with Crippen LogP contribution in [0.5, 0.6) is 0 Å². The zero-order valence-electron chi connectivity index (χ0n) is 10.2. The molecule has 19 heavy (non-hydrogen) atoms. The van der Waals surface area contributed by atoms with E-state index in [1.807, 2.05) is 48.7 Å². The molecule has 0 bridgehead atoms. The van der Waals surface area contributed by atoms with E-state index in [0.717, 1.165) is 28.0 Å². The number of hydrogen-bond donors (Lipinski definition) is 0. The van der Waals surface area contributed by atoms with Crippen molar-refractivity contribution < 1.29 is 0 Å². The SMILES string of the molecule is N#Cc1ccc(Cn2ccc3c(Cl)cccc32)cc1. The van der Waals surface area contributed by atoms with Crippen molar-refractivity contribution in [3.63, 3.8) is 0 Å². The minimum absolute atomic E-state index is 0.684. The molecule has 2 aromatic carbocycles. The van der Waals surface area contributed by atoms with Crippen molar-refractivity contribution in [2.24, 2.45) is 0 Å². The third-order valence-corrected chi connectivity index (χ3v) is 3.53. The van der Waals surface area contributed by atoms with Gasteiger partial charge in [-0.2, -0.15) is 5.26 Å². The molecule has 3 heteroatoms. The number of rotatable bonds is 2. The molecule has 0 radical (unpaired) electrons. The number of hydrogen-bond acceptors (Lipinski definition) is 1. The maximum atomic E-state index is 8.79. The van der Waals surface area contributed by atoms with Gasteiger partial charge in [-0.25, -0.2) is 0 Å². The molecule has 3 rings (SSSR count). The summed E-state index contributed by atoms with van der Waals surface area (Å²) in [6.07, 6.45) is 2.04. The fourth-order valence-corrected chi connectivity index (χ4v) is 2.44. The topological polar surface area (TPSA) is 28.7 Å². The lowest BCUT2D eigenvalue weighted by molar-refractivity contribution is 0.837. The number of nitrogens with zero attached hydrogens (tertiary/aromatic N) is 2. The minimum atomic E-state index is 0.684. The van der Waals surface area contributed by atoms with Crippen LogP contribution in [0.3, 0.4) is 0 Å². The van der Waals surface area contributed by atoms with E-state index >= 15 is 0 Å². The van der Waals surface area contributed by atoms with Gasteiger partial charge in [0.15, 0.2) is 0 Å². The lowest BCUT2D eigenvalue weighted by Crippen LogP contribution is -1.97. The Morgan fingerprint density at radius 1 is 1.05 bits per heavy atom. The standard InChI is InChI=1S/C16H11ClN2/c17-15-2-1-3-16-14(15)8-9-19(16)11-13-6-4-12(10-18)5-7-13/h1-9H,11H2. The van der Waals surface area contributed by atoms with Crippen LogP contribution in [0.4, 0.5) is 0 Å². The molecule has 3 aromatic rings. The zero-order chi connectivity index (χ0) is 13.2. The number of fused-ring (bicyclic) bond motifs is 1. The summed E-state index contributed by atoms with van der Waals surface area (Å²) in [6, 6.07) is 17.7. The normalized spacial score (nSPS) is 10.5. The van der Waals surface area contributed by atoms with E-state index in [1.54, 1.807) is 0 Å². The molecule has 0 aliphatic heterocycles. The van der Waals surface area contributed by atoms with Gasteiger partial charge in [-0.05, 0) is 35.9 Å². The average molecular weight is 267 g/mol. The molecule has 0 fully saturated rings. The summed E-state index contributed by atoms with van der Waals surface area (Å²) in [5.74, 6) is 0. The van der Waals surface area contributed by atoms with Crippen molar-refractivity contribution >= 4 is 22.5 Å². The number of aromatic nitrogens is 1. The lowest BCUT2D eigenvalue weighted by Gasteiger charge is -2.06. The zero-order valence-corrected chi connectivity index (χ0v) is 10.9. The predicted molar refractivity (Wildman–Crippen MR) is 77.2 cm³/mol. The largest absolute Gasteiger partial charge is 0.343 e. The Bertz CT molecular complexity index is 764. The van der Waals surface area contributed by atoms with Gasteiger partial charge in [-0.15, -0.1) is 0 Å². The highest BCUT2D eigenvalue weighted by atomic mass is 35.5. The Morgan fingerprint density at radius 2 is 1.84 bits per heavy atom. The second-order valence-electron chi connectivity index (χ2n) is 4.43. The molecule has 0 saturated carbocycles. The highest BCUT2D eigenvalue weighted by Crippen LogP contribution is 2.24. The van der Waals surface area contributed by atoms with Crippen molar-refractivity contribution in [1.29, 1.82) is 5.26 Å². The van der Waals surface area contributed by atoms with E-state index in [1.165, 1.54) is 0 Å². The van der Waals surface area contributed by atoms with Crippen molar-refractivity contribution in [3.8, 4) is 6.07 Å². The summed E-state index contributed by atoms with van der Waals surface area (Å²) in [6.45, 7) is 0.773. The fourth-order valence-electron chi connectivity index (χ4n) is 2.21. The highest BCUT2D eigenvalue weighted by Gasteiger charge is 2.04. The molecule has 0 spiro atoms. The van der Waals surface area contributed by atoms with Gasteiger partial charge in [-0.1, -0.05) is 29.8 Å². The molecule has 0 aliphatic rings. The minimum Gasteiger partial charge on any atom is -0.343 e. The Kier molecular flexibility index (Phi) is 2.98. The van der Waals surface area contributed by atoms with Crippen molar-refractivity contribution in [2.75, 3.05) is 0 Å². The van der Waals surface area contributed by atoms with Crippen LogP contribution in [-0.2, 0) is 6.54 Å². The summed E-state index contributed by atoms with van der Waals surface area (Å²) in [5, 5.41) is 10.6. The van der Waals surface area contributed by atoms with Crippen LogP contribution in [0.2, 0.25) is 5.02 Å². The molecular weight excluding hydrogens is 256 g/mol. The molecule has 92 valence electrons. The molecular formula is C16H11ClN2. The Balaban J connectivity index is 1.97. The van der Waals surface area contributed by atoms with E-state index in [2.05, 4.69) is 16.7 Å². The first-order chi connectivity index (χ1) is 9.28. The van der Waals surface area contributed by atoms with Crippen LogP contribution in [0.25, 0.3) is 10.9 Å². The van der Waals surface area contributed by atoms with Crippen LogP contribution in [0.15, 0.2) is 54.7 Å². The summed E-state index contributed by atoms with van der Waals surface area (Å²) < 4.78 is 2.16. The number of nitriles is 1.